The van der Waals surface area contributed by atoms with E-state index in [4.69, 9.17) is 9.47 Å². The minimum absolute atomic E-state index is 0.0177. The van der Waals surface area contributed by atoms with E-state index in [0.717, 1.165) is 38.7 Å². The predicted octanol–water partition coefficient (Wildman–Crippen LogP) is 3.11. The Morgan fingerprint density at radius 3 is 2.71 bits per heavy atom. The molecule has 102 valence electrons. The zero-order valence-electron chi connectivity index (χ0n) is 11.7. The second-order valence-electron chi connectivity index (χ2n) is 6.08. The lowest BCUT2D eigenvalue weighted by molar-refractivity contribution is -0.214. The molecule has 0 aromatic heterocycles. The molecule has 1 aliphatic heterocycles. The standard InChI is InChI=1S/C14H28O3/c1-11(6-5-8-14(3,4)15)10-13-16-9-7-12(2)17-13/h11-13,15H,5-10H2,1-4H3/t11-,12+,13-/m0/s1. The van der Waals surface area contributed by atoms with E-state index in [1.165, 1.54) is 0 Å². The van der Waals surface area contributed by atoms with Gasteiger partial charge in [-0.15, -0.1) is 0 Å². The Bertz CT molecular complexity index is 210. The molecule has 0 unspecified atom stereocenters. The van der Waals surface area contributed by atoms with Crippen LogP contribution in [-0.2, 0) is 9.47 Å². The monoisotopic (exact) mass is 244 g/mol. The van der Waals surface area contributed by atoms with Crippen LogP contribution in [0.2, 0.25) is 0 Å². The van der Waals surface area contributed by atoms with Crippen LogP contribution in [0.15, 0.2) is 0 Å². The molecule has 1 aliphatic rings. The Morgan fingerprint density at radius 1 is 1.41 bits per heavy atom. The van der Waals surface area contributed by atoms with Crippen molar-refractivity contribution in [2.75, 3.05) is 6.61 Å². The van der Waals surface area contributed by atoms with Gasteiger partial charge in [-0.2, -0.15) is 0 Å². The zero-order valence-corrected chi connectivity index (χ0v) is 11.7. The maximum absolute atomic E-state index is 9.64. The van der Waals surface area contributed by atoms with E-state index in [0.29, 0.717) is 12.0 Å². The second kappa shape index (κ2) is 6.72. The summed E-state index contributed by atoms with van der Waals surface area (Å²) in [5.74, 6) is 0.590. The van der Waals surface area contributed by atoms with Crippen LogP contribution in [0.4, 0.5) is 0 Å². The summed E-state index contributed by atoms with van der Waals surface area (Å²) in [5, 5.41) is 9.64. The molecule has 0 amide bonds. The van der Waals surface area contributed by atoms with Gasteiger partial charge in [0.15, 0.2) is 6.29 Å². The lowest BCUT2D eigenvalue weighted by Crippen LogP contribution is -2.31. The highest BCUT2D eigenvalue weighted by Crippen LogP contribution is 2.23. The highest BCUT2D eigenvalue weighted by atomic mass is 16.7. The van der Waals surface area contributed by atoms with Crippen molar-refractivity contribution in [1.29, 1.82) is 0 Å². The maximum atomic E-state index is 9.64. The molecule has 1 N–H and O–H groups in total. The van der Waals surface area contributed by atoms with Gasteiger partial charge >= 0.3 is 0 Å². The summed E-state index contributed by atoms with van der Waals surface area (Å²) in [6, 6.07) is 0. The first-order chi connectivity index (χ1) is 7.87. The van der Waals surface area contributed by atoms with Crippen molar-refractivity contribution in [2.24, 2.45) is 5.92 Å². The molecule has 0 aromatic carbocycles. The van der Waals surface area contributed by atoms with E-state index in [-0.39, 0.29) is 6.29 Å². The number of ether oxygens (including phenoxy) is 2. The summed E-state index contributed by atoms with van der Waals surface area (Å²) >= 11 is 0. The van der Waals surface area contributed by atoms with Crippen molar-refractivity contribution >= 4 is 0 Å². The number of rotatable bonds is 6. The van der Waals surface area contributed by atoms with Crippen molar-refractivity contribution in [3.63, 3.8) is 0 Å². The average Bonchev–Trinajstić information content (AvgIpc) is 2.15. The zero-order chi connectivity index (χ0) is 12.9. The predicted molar refractivity (Wildman–Crippen MR) is 68.8 cm³/mol. The molecular weight excluding hydrogens is 216 g/mol. The molecule has 0 saturated carbocycles. The SMILES string of the molecule is C[C@@H](CCCC(C)(C)O)C[C@H]1OCC[C@@H](C)O1. The molecule has 0 radical (unpaired) electrons. The van der Waals surface area contributed by atoms with E-state index in [1.54, 1.807) is 0 Å². The summed E-state index contributed by atoms with van der Waals surface area (Å²) in [6.45, 7) is 8.90. The van der Waals surface area contributed by atoms with E-state index in [1.807, 2.05) is 13.8 Å². The summed E-state index contributed by atoms with van der Waals surface area (Å²) in [4.78, 5) is 0. The molecule has 0 aliphatic carbocycles. The first-order valence-corrected chi connectivity index (χ1v) is 6.86. The van der Waals surface area contributed by atoms with Gasteiger partial charge in [-0.25, -0.2) is 0 Å². The summed E-state index contributed by atoms with van der Waals surface area (Å²) in [6.07, 6.45) is 5.34. The Labute approximate surface area is 105 Å². The maximum Gasteiger partial charge on any atom is 0.158 e. The number of aliphatic hydroxyl groups is 1. The molecule has 0 spiro atoms. The van der Waals surface area contributed by atoms with Crippen LogP contribution in [0, 0.1) is 5.92 Å². The molecule has 0 bridgehead atoms. The first kappa shape index (κ1) is 14.9. The van der Waals surface area contributed by atoms with Crippen molar-refractivity contribution in [1.82, 2.24) is 0 Å². The van der Waals surface area contributed by atoms with Crippen LogP contribution in [0.3, 0.4) is 0 Å². The fourth-order valence-electron chi connectivity index (χ4n) is 2.18. The molecule has 1 fully saturated rings. The lowest BCUT2D eigenvalue weighted by atomic mass is 9.95. The molecule has 3 heteroatoms. The van der Waals surface area contributed by atoms with Crippen molar-refractivity contribution in [3.05, 3.63) is 0 Å². The van der Waals surface area contributed by atoms with E-state index < -0.39 is 5.60 Å². The van der Waals surface area contributed by atoms with Crippen LogP contribution in [0.5, 0.6) is 0 Å². The normalized spacial score (nSPS) is 28.1. The smallest absolute Gasteiger partial charge is 0.158 e. The van der Waals surface area contributed by atoms with Gasteiger partial charge in [-0.1, -0.05) is 19.8 Å². The highest BCUT2D eigenvalue weighted by molar-refractivity contribution is 4.67. The van der Waals surface area contributed by atoms with Crippen LogP contribution in [0.1, 0.15) is 59.8 Å². The van der Waals surface area contributed by atoms with Gasteiger partial charge in [0.25, 0.3) is 0 Å². The summed E-state index contributed by atoms with van der Waals surface area (Å²) in [7, 11) is 0. The fraction of sp³-hybridized carbons (Fsp3) is 1.00. The molecule has 1 rings (SSSR count). The van der Waals surface area contributed by atoms with Gasteiger partial charge in [0.2, 0.25) is 0 Å². The third-order valence-electron chi connectivity index (χ3n) is 3.29. The van der Waals surface area contributed by atoms with Crippen molar-refractivity contribution in [2.45, 2.75) is 77.8 Å². The van der Waals surface area contributed by atoms with Crippen LogP contribution >= 0.6 is 0 Å². The van der Waals surface area contributed by atoms with E-state index in [2.05, 4.69) is 13.8 Å². The fourth-order valence-corrected chi connectivity index (χ4v) is 2.18. The van der Waals surface area contributed by atoms with Gasteiger partial charge < -0.3 is 14.6 Å². The van der Waals surface area contributed by atoms with Crippen molar-refractivity contribution in [3.8, 4) is 0 Å². The van der Waals surface area contributed by atoms with Crippen molar-refractivity contribution < 1.29 is 14.6 Å². The Kier molecular flexibility index (Phi) is 5.90. The van der Waals surface area contributed by atoms with Gasteiger partial charge in [0.1, 0.15) is 0 Å². The number of hydrogen-bond acceptors (Lipinski definition) is 3. The summed E-state index contributed by atoms with van der Waals surface area (Å²) in [5.41, 5.74) is -0.536. The molecule has 3 atom stereocenters. The van der Waals surface area contributed by atoms with Gasteiger partial charge in [-0.05, 0) is 39.5 Å². The van der Waals surface area contributed by atoms with Crippen LogP contribution in [-0.4, -0.2) is 29.7 Å². The van der Waals surface area contributed by atoms with E-state index in [9.17, 15) is 5.11 Å². The lowest BCUT2D eigenvalue weighted by Gasteiger charge is -2.30. The summed E-state index contributed by atoms with van der Waals surface area (Å²) < 4.78 is 11.3. The van der Waals surface area contributed by atoms with Gasteiger partial charge in [-0.3, -0.25) is 0 Å². The highest BCUT2D eigenvalue weighted by Gasteiger charge is 2.22. The Balaban J connectivity index is 2.13. The molecule has 1 heterocycles. The quantitative estimate of drug-likeness (QED) is 0.780. The topological polar surface area (TPSA) is 38.7 Å². The third-order valence-corrected chi connectivity index (χ3v) is 3.29. The minimum atomic E-state index is -0.536. The van der Waals surface area contributed by atoms with Crippen LogP contribution < -0.4 is 0 Å². The number of hydrogen-bond donors (Lipinski definition) is 1. The van der Waals surface area contributed by atoms with Gasteiger partial charge in [0.05, 0.1) is 18.3 Å². The minimum Gasteiger partial charge on any atom is -0.390 e. The molecular formula is C14H28O3. The first-order valence-electron chi connectivity index (χ1n) is 6.86. The molecule has 0 aromatic rings. The average molecular weight is 244 g/mol. The molecule has 3 nitrogen and oxygen atoms in total. The Hall–Kier alpha value is -0.120. The Morgan fingerprint density at radius 2 is 2.12 bits per heavy atom. The van der Waals surface area contributed by atoms with Gasteiger partial charge in [0, 0.05) is 6.42 Å². The molecule has 1 saturated heterocycles. The van der Waals surface area contributed by atoms with E-state index >= 15 is 0 Å². The largest absolute Gasteiger partial charge is 0.390 e. The molecule has 17 heavy (non-hydrogen) atoms. The van der Waals surface area contributed by atoms with Crippen LogP contribution in [0.25, 0.3) is 0 Å². The second-order valence-corrected chi connectivity index (χ2v) is 6.08. The third kappa shape index (κ3) is 7.02.